The first-order valence-corrected chi connectivity index (χ1v) is 10.5. The minimum Gasteiger partial charge on any atom is -0.399 e. The quantitative estimate of drug-likeness (QED) is 0.574. The van der Waals surface area contributed by atoms with Crippen LogP contribution in [0, 0.1) is 11.3 Å². The zero-order valence-corrected chi connectivity index (χ0v) is 18.3. The fourth-order valence-electron chi connectivity index (χ4n) is 3.98. The summed E-state index contributed by atoms with van der Waals surface area (Å²) >= 11 is 0. The minimum atomic E-state index is -4.49. The van der Waals surface area contributed by atoms with E-state index in [9.17, 15) is 18.4 Å². The molecule has 7 nitrogen and oxygen atoms in total. The number of hydrogen-bond donors (Lipinski definition) is 2. The lowest BCUT2D eigenvalue weighted by Gasteiger charge is -2.34. The van der Waals surface area contributed by atoms with Crippen LogP contribution in [0.3, 0.4) is 0 Å². The van der Waals surface area contributed by atoms with Crippen molar-refractivity contribution < 1.29 is 13.2 Å². The maximum atomic E-state index is 13.2. The van der Waals surface area contributed by atoms with Crippen LogP contribution in [0.25, 0.3) is 10.9 Å². The molecule has 0 unspecified atom stereocenters. The molecule has 10 heteroatoms. The number of anilines is 3. The number of aromatic nitrogens is 2. The molecule has 0 radical (unpaired) electrons. The van der Waals surface area contributed by atoms with E-state index in [-0.39, 0.29) is 5.69 Å². The molecule has 1 saturated heterocycles. The zero-order chi connectivity index (χ0) is 23.8. The molecular weight excluding hydrogens is 431 g/mol. The number of nitriles is 1. The Morgan fingerprint density at radius 2 is 1.82 bits per heavy atom. The first kappa shape index (κ1) is 22.6. The van der Waals surface area contributed by atoms with E-state index in [1.165, 1.54) is 12.4 Å². The van der Waals surface area contributed by atoms with Crippen molar-refractivity contribution in [1.82, 2.24) is 14.9 Å². The largest absolute Gasteiger partial charge is 0.416 e. The molecule has 4 rings (SSSR count). The molecule has 1 aliphatic heterocycles. The van der Waals surface area contributed by atoms with Crippen molar-refractivity contribution in [2.75, 3.05) is 49.2 Å². The summed E-state index contributed by atoms with van der Waals surface area (Å²) in [7, 11) is 2.06. The number of halogens is 3. The first-order valence-electron chi connectivity index (χ1n) is 10.5. The van der Waals surface area contributed by atoms with Gasteiger partial charge in [0.15, 0.2) is 0 Å². The summed E-state index contributed by atoms with van der Waals surface area (Å²) in [6.45, 7) is 5.08. The molecule has 33 heavy (non-hydrogen) atoms. The van der Waals surface area contributed by atoms with Gasteiger partial charge < -0.3 is 20.9 Å². The maximum absolute atomic E-state index is 13.2. The van der Waals surface area contributed by atoms with Gasteiger partial charge in [-0.15, -0.1) is 0 Å². The fraction of sp³-hybridized carbons (Fsp3) is 0.348. The topological polar surface area (TPSA) is 94.1 Å². The molecule has 2 aromatic carbocycles. The monoisotopic (exact) mass is 455 g/mol. The molecule has 1 fully saturated rings. The van der Waals surface area contributed by atoms with Gasteiger partial charge in [-0.2, -0.15) is 18.4 Å². The van der Waals surface area contributed by atoms with Crippen LogP contribution in [0.4, 0.5) is 30.4 Å². The van der Waals surface area contributed by atoms with Crippen LogP contribution in [0.5, 0.6) is 0 Å². The average molecular weight is 455 g/mol. The van der Waals surface area contributed by atoms with E-state index in [4.69, 9.17) is 5.73 Å². The molecule has 0 bridgehead atoms. The Morgan fingerprint density at radius 1 is 1.09 bits per heavy atom. The van der Waals surface area contributed by atoms with Gasteiger partial charge in [0.1, 0.15) is 18.2 Å². The molecule has 2 heterocycles. The lowest BCUT2D eigenvalue weighted by molar-refractivity contribution is -0.137. The third-order valence-corrected chi connectivity index (χ3v) is 5.88. The highest BCUT2D eigenvalue weighted by Gasteiger charge is 2.31. The van der Waals surface area contributed by atoms with Gasteiger partial charge in [0.2, 0.25) is 0 Å². The number of fused-ring (bicyclic) bond motifs is 1. The summed E-state index contributed by atoms with van der Waals surface area (Å²) in [6.07, 6.45) is -3.12. The van der Waals surface area contributed by atoms with E-state index in [1.54, 1.807) is 13.0 Å². The predicted octanol–water partition coefficient (Wildman–Crippen LogP) is 4.03. The van der Waals surface area contributed by atoms with E-state index in [0.717, 1.165) is 44.0 Å². The number of nitrogens with two attached hydrogens (primary N) is 1. The normalized spacial score (nSPS) is 15.9. The number of nitrogen functional groups attached to an aromatic ring is 1. The molecule has 3 N–H and O–H groups in total. The Bertz CT molecular complexity index is 1210. The first-order chi connectivity index (χ1) is 15.7. The molecule has 172 valence electrons. The van der Waals surface area contributed by atoms with E-state index >= 15 is 0 Å². The SMILES string of the molecule is C[C@@H](Nc1ncnc2cc(C#N)c(N3CCN(C)CC3)cc12)c1cc(N)cc(C(F)(F)F)c1. The van der Waals surface area contributed by atoms with Gasteiger partial charge in [-0.3, -0.25) is 0 Å². The third kappa shape index (κ3) is 4.78. The number of hydrogen-bond acceptors (Lipinski definition) is 7. The average Bonchev–Trinajstić information content (AvgIpc) is 2.78. The number of likely N-dealkylation sites (N-methyl/N-ethyl adjacent to an activating group) is 1. The van der Waals surface area contributed by atoms with Crippen molar-refractivity contribution in [2.45, 2.75) is 19.1 Å². The molecule has 1 aliphatic rings. The highest BCUT2D eigenvalue weighted by atomic mass is 19.4. The molecule has 0 aliphatic carbocycles. The summed E-state index contributed by atoms with van der Waals surface area (Å²) in [4.78, 5) is 13.0. The number of benzene rings is 2. The van der Waals surface area contributed by atoms with E-state index in [0.29, 0.717) is 27.8 Å². The summed E-state index contributed by atoms with van der Waals surface area (Å²) in [6, 6.07) is 8.87. The summed E-state index contributed by atoms with van der Waals surface area (Å²) in [5.74, 6) is 0.475. The van der Waals surface area contributed by atoms with Gasteiger partial charge in [-0.1, -0.05) is 0 Å². The van der Waals surface area contributed by atoms with Crippen LogP contribution in [0.1, 0.15) is 29.7 Å². The Balaban J connectivity index is 1.71. The fourth-order valence-corrected chi connectivity index (χ4v) is 3.98. The van der Waals surface area contributed by atoms with Gasteiger partial charge in [-0.05, 0) is 49.9 Å². The van der Waals surface area contributed by atoms with Crippen molar-refractivity contribution in [2.24, 2.45) is 0 Å². The molecule has 3 aromatic rings. The maximum Gasteiger partial charge on any atom is 0.416 e. The zero-order valence-electron chi connectivity index (χ0n) is 18.3. The van der Waals surface area contributed by atoms with Crippen molar-refractivity contribution in [1.29, 1.82) is 5.26 Å². The second kappa shape index (κ2) is 8.75. The molecule has 0 spiro atoms. The Morgan fingerprint density at radius 3 is 2.48 bits per heavy atom. The van der Waals surface area contributed by atoms with Crippen LogP contribution >= 0.6 is 0 Å². The standard InChI is InChI=1S/C23H24F3N7/c1-14(15-7-17(23(24,25)26)10-18(28)8-15)31-22-19-11-21(33-5-3-32(2)4-6-33)16(12-27)9-20(19)29-13-30-22/h7-11,13-14H,3-6,28H2,1-2H3,(H,29,30,31)/t14-/m1/s1. The van der Waals surface area contributed by atoms with Gasteiger partial charge in [0, 0.05) is 37.3 Å². The van der Waals surface area contributed by atoms with E-state index in [1.807, 2.05) is 6.07 Å². The van der Waals surface area contributed by atoms with Crippen LogP contribution < -0.4 is 16.0 Å². The van der Waals surface area contributed by atoms with Crippen molar-refractivity contribution in [3.63, 3.8) is 0 Å². The summed E-state index contributed by atoms with van der Waals surface area (Å²) in [5, 5.41) is 13.6. The Kier molecular flexibility index (Phi) is 5.99. The van der Waals surface area contributed by atoms with Crippen LogP contribution in [0.15, 0.2) is 36.7 Å². The molecule has 0 amide bonds. The van der Waals surface area contributed by atoms with Crippen LogP contribution in [0.2, 0.25) is 0 Å². The van der Waals surface area contributed by atoms with Gasteiger partial charge >= 0.3 is 6.18 Å². The van der Waals surface area contributed by atoms with Crippen LogP contribution in [-0.2, 0) is 6.18 Å². The van der Waals surface area contributed by atoms with Crippen molar-refractivity contribution in [3.8, 4) is 6.07 Å². The Labute approximate surface area is 189 Å². The predicted molar refractivity (Wildman–Crippen MR) is 122 cm³/mol. The summed E-state index contributed by atoms with van der Waals surface area (Å²) < 4.78 is 39.7. The summed E-state index contributed by atoms with van der Waals surface area (Å²) in [5.41, 5.74) is 7.26. The van der Waals surface area contributed by atoms with Crippen molar-refractivity contribution in [3.05, 3.63) is 53.3 Å². The number of rotatable bonds is 4. The second-order valence-electron chi connectivity index (χ2n) is 8.26. The van der Waals surface area contributed by atoms with Gasteiger partial charge in [0.05, 0.1) is 28.4 Å². The van der Waals surface area contributed by atoms with E-state index < -0.39 is 17.8 Å². The molecule has 1 aromatic heterocycles. The number of nitrogens with zero attached hydrogens (tertiary/aromatic N) is 5. The number of piperazine rings is 1. The second-order valence-corrected chi connectivity index (χ2v) is 8.26. The molecule has 0 saturated carbocycles. The molecular formula is C23H24F3N7. The van der Waals surface area contributed by atoms with Gasteiger partial charge in [0.25, 0.3) is 0 Å². The van der Waals surface area contributed by atoms with Crippen LogP contribution in [-0.4, -0.2) is 48.1 Å². The van der Waals surface area contributed by atoms with E-state index in [2.05, 4.69) is 38.2 Å². The Hall–Kier alpha value is -3.58. The smallest absolute Gasteiger partial charge is 0.399 e. The highest BCUT2D eigenvalue weighted by molar-refractivity contribution is 5.93. The third-order valence-electron chi connectivity index (χ3n) is 5.88. The number of nitrogens with one attached hydrogen (secondary N) is 1. The lowest BCUT2D eigenvalue weighted by atomic mass is 10.0. The highest BCUT2D eigenvalue weighted by Crippen LogP contribution is 2.35. The minimum absolute atomic E-state index is 0.0389. The number of alkyl halides is 3. The molecule has 1 atom stereocenters. The van der Waals surface area contributed by atoms with Gasteiger partial charge in [-0.25, -0.2) is 9.97 Å². The van der Waals surface area contributed by atoms with Crippen molar-refractivity contribution >= 4 is 28.1 Å². The lowest BCUT2D eigenvalue weighted by Crippen LogP contribution is -2.44.